The Kier molecular flexibility index (Phi) is 5.47. The summed E-state index contributed by atoms with van der Waals surface area (Å²) in [5.74, 6) is 0.853. The van der Waals surface area contributed by atoms with Crippen molar-refractivity contribution in [2.75, 3.05) is 11.9 Å². The number of aromatic nitrogens is 4. The fraction of sp³-hybridized carbons (Fsp3) is 0.273. The molecule has 0 radical (unpaired) electrons. The first-order valence-electron chi connectivity index (χ1n) is 9.93. The number of ether oxygens (including phenoxy) is 1. The summed E-state index contributed by atoms with van der Waals surface area (Å²) in [5, 5.41) is 12.4. The van der Waals surface area contributed by atoms with Crippen molar-refractivity contribution in [3.8, 4) is 0 Å². The quantitative estimate of drug-likeness (QED) is 0.375. The molecule has 154 valence electrons. The maximum absolute atomic E-state index is 12.5. The van der Waals surface area contributed by atoms with Crippen LogP contribution in [0.4, 0.5) is 5.69 Å². The molecule has 8 heteroatoms. The average molecular weight is 405 g/mol. The fourth-order valence-electron chi connectivity index (χ4n) is 3.30. The molecule has 0 unspecified atom stereocenters. The Hall–Kier alpha value is -3.68. The second-order valence-electron chi connectivity index (χ2n) is 7.05. The first-order chi connectivity index (χ1) is 14.6. The van der Waals surface area contributed by atoms with E-state index < -0.39 is 0 Å². The third-order valence-electron chi connectivity index (χ3n) is 5.00. The highest BCUT2D eigenvalue weighted by molar-refractivity contribution is 5.89. The third-order valence-corrected chi connectivity index (χ3v) is 5.00. The number of esters is 1. The number of carbonyl (C=O) groups excluding carboxylic acids is 1. The SMILES string of the molecule is CCCCOC(=O)c1ccc(NCc2nnc3n(C)c(=O)c4ccccc4n23)cc1. The van der Waals surface area contributed by atoms with Gasteiger partial charge in [0.25, 0.3) is 5.56 Å². The second kappa shape index (κ2) is 8.36. The van der Waals surface area contributed by atoms with Crippen LogP contribution in [0.5, 0.6) is 0 Å². The van der Waals surface area contributed by atoms with Crippen molar-refractivity contribution in [2.24, 2.45) is 7.05 Å². The normalized spacial score (nSPS) is 11.1. The molecule has 2 aromatic heterocycles. The van der Waals surface area contributed by atoms with E-state index in [2.05, 4.69) is 22.4 Å². The highest BCUT2D eigenvalue weighted by Gasteiger charge is 2.14. The van der Waals surface area contributed by atoms with Gasteiger partial charge in [-0.15, -0.1) is 10.2 Å². The van der Waals surface area contributed by atoms with Gasteiger partial charge in [-0.1, -0.05) is 25.5 Å². The minimum atomic E-state index is -0.314. The molecule has 0 saturated heterocycles. The molecule has 30 heavy (non-hydrogen) atoms. The molecular formula is C22H23N5O3. The maximum Gasteiger partial charge on any atom is 0.338 e. The molecule has 0 bridgehead atoms. The molecule has 0 aliphatic carbocycles. The van der Waals surface area contributed by atoms with Crippen molar-refractivity contribution >= 4 is 28.3 Å². The summed E-state index contributed by atoms with van der Waals surface area (Å²) in [5.41, 5.74) is 2.02. The summed E-state index contributed by atoms with van der Waals surface area (Å²) < 4.78 is 8.60. The van der Waals surface area contributed by atoms with Crippen molar-refractivity contribution in [3.63, 3.8) is 0 Å². The Bertz CT molecular complexity index is 1260. The molecule has 2 aromatic carbocycles. The van der Waals surface area contributed by atoms with Crippen molar-refractivity contribution in [2.45, 2.75) is 26.3 Å². The Morgan fingerprint density at radius 1 is 1.10 bits per heavy atom. The number of benzene rings is 2. The topological polar surface area (TPSA) is 90.5 Å². The van der Waals surface area contributed by atoms with Gasteiger partial charge in [0.2, 0.25) is 5.78 Å². The van der Waals surface area contributed by atoms with Gasteiger partial charge in [0, 0.05) is 12.7 Å². The first kappa shape index (κ1) is 19.6. The Balaban J connectivity index is 1.55. The molecule has 0 saturated carbocycles. The number of hydrogen-bond acceptors (Lipinski definition) is 6. The van der Waals surface area contributed by atoms with E-state index in [-0.39, 0.29) is 11.5 Å². The minimum Gasteiger partial charge on any atom is -0.462 e. The van der Waals surface area contributed by atoms with Crippen LogP contribution in [0.25, 0.3) is 16.7 Å². The molecule has 2 heterocycles. The standard InChI is InChI=1S/C22H23N5O3/c1-3-4-13-30-21(29)15-9-11-16(12-10-15)23-14-19-24-25-22-26(2)20(28)17-7-5-6-8-18(17)27(19)22/h5-12,23H,3-4,13-14H2,1-2H3. The Morgan fingerprint density at radius 2 is 1.87 bits per heavy atom. The number of aryl methyl sites for hydroxylation is 1. The highest BCUT2D eigenvalue weighted by Crippen LogP contribution is 2.16. The van der Waals surface area contributed by atoms with Crippen LogP contribution in [0.3, 0.4) is 0 Å². The summed E-state index contributed by atoms with van der Waals surface area (Å²) in [6, 6.07) is 14.5. The van der Waals surface area contributed by atoms with Crippen molar-refractivity contribution in [3.05, 3.63) is 70.3 Å². The number of nitrogens with one attached hydrogen (secondary N) is 1. The number of fused-ring (bicyclic) bond motifs is 3. The van der Waals surface area contributed by atoms with Gasteiger partial charge in [-0.3, -0.25) is 13.8 Å². The fourth-order valence-corrected chi connectivity index (χ4v) is 3.30. The van der Waals surface area contributed by atoms with Gasteiger partial charge in [-0.2, -0.15) is 0 Å². The molecule has 0 aliphatic rings. The van der Waals surface area contributed by atoms with Crippen LogP contribution in [0.2, 0.25) is 0 Å². The molecule has 0 amide bonds. The molecular weight excluding hydrogens is 382 g/mol. The van der Waals surface area contributed by atoms with E-state index in [0.717, 1.165) is 24.0 Å². The number of nitrogens with zero attached hydrogens (tertiary/aromatic N) is 4. The zero-order chi connectivity index (χ0) is 21.1. The Morgan fingerprint density at radius 3 is 2.63 bits per heavy atom. The van der Waals surface area contributed by atoms with Gasteiger partial charge < -0.3 is 10.1 Å². The molecule has 4 rings (SSSR count). The van der Waals surface area contributed by atoms with Gasteiger partial charge in [0.05, 0.1) is 29.6 Å². The Labute approximate surface area is 173 Å². The minimum absolute atomic E-state index is 0.105. The van der Waals surface area contributed by atoms with Crippen LogP contribution in [0.1, 0.15) is 35.9 Å². The van der Waals surface area contributed by atoms with E-state index in [1.165, 1.54) is 4.57 Å². The molecule has 0 aliphatic heterocycles. The number of anilines is 1. The largest absolute Gasteiger partial charge is 0.462 e. The van der Waals surface area contributed by atoms with Gasteiger partial charge >= 0.3 is 5.97 Å². The van der Waals surface area contributed by atoms with Crippen LogP contribution >= 0.6 is 0 Å². The zero-order valence-electron chi connectivity index (χ0n) is 17.0. The zero-order valence-corrected chi connectivity index (χ0v) is 17.0. The van der Waals surface area contributed by atoms with E-state index in [9.17, 15) is 9.59 Å². The smallest absolute Gasteiger partial charge is 0.338 e. The molecule has 0 atom stereocenters. The number of hydrogen-bond donors (Lipinski definition) is 1. The number of unbranched alkanes of at least 4 members (excludes halogenated alkanes) is 1. The third kappa shape index (κ3) is 3.63. The average Bonchev–Trinajstić information content (AvgIpc) is 3.21. The van der Waals surface area contributed by atoms with Gasteiger partial charge in [0.1, 0.15) is 0 Å². The molecule has 0 fully saturated rings. The van der Waals surface area contributed by atoms with Gasteiger partial charge in [0.15, 0.2) is 5.82 Å². The van der Waals surface area contributed by atoms with Gasteiger partial charge in [-0.05, 0) is 42.8 Å². The summed E-state index contributed by atoms with van der Waals surface area (Å²) in [4.78, 5) is 24.5. The second-order valence-corrected chi connectivity index (χ2v) is 7.05. The lowest BCUT2D eigenvalue weighted by atomic mass is 10.2. The monoisotopic (exact) mass is 405 g/mol. The first-order valence-corrected chi connectivity index (χ1v) is 9.93. The van der Waals surface area contributed by atoms with E-state index in [1.807, 2.05) is 34.7 Å². The van der Waals surface area contributed by atoms with Crippen LogP contribution in [-0.2, 0) is 18.3 Å². The highest BCUT2D eigenvalue weighted by atomic mass is 16.5. The van der Waals surface area contributed by atoms with E-state index in [4.69, 9.17) is 4.74 Å². The van der Waals surface area contributed by atoms with Crippen LogP contribution in [0, 0.1) is 0 Å². The number of rotatable bonds is 7. The summed E-state index contributed by atoms with van der Waals surface area (Å²) >= 11 is 0. The molecule has 4 aromatic rings. The lowest BCUT2D eigenvalue weighted by molar-refractivity contribution is 0.0500. The van der Waals surface area contributed by atoms with Crippen molar-refractivity contribution in [1.82, 2.24) is 19.2 Å². The van der Waals surface area contributed by atoms with E-state index >= 15 is 0 Å². The van der Waals surface area contributed by atoms with Crippen molar-refractivity contribution < 1.29 is 9.53 Å². The summed E-state index contributed by atoms with van der Waals surface area (Å²) in [6.07, 6.45) is 1.84. The summed E-state index contributed by atoms with van der Waals surface area (Å²) in [7, 11) is 1.69. The van der Waals surface area contributed by atoms with E-state index in [0.29, 0.717) is 35.7 Å². The maximum atomic E-state index is 12.5. The van der Waals surface area contributed by atoms with Gasteiger partial charge in [-0.25, -0.2) is 4.79 Å². The lowest BCUT2D eigenvalue weighted by Gasteiger charge is -2.09. The lowest BCUT2D eigenvalue weighted by Crippen LogP contribution is -2.20. The predicted octanol–water partition coefficient (Wildman–Crippen LogP) is 3.15. The predicted molar refractivity (Wildman–Crippen MR) is 115 cm³/mol. The van der Waals surface area contributed by atoms with Crippen LogP contribution in [-0.4, -0.2) is 31.7 Å². The molecule has 8 nitrogen and oxygen atoms in total. The number of para-hydroxylation sites is 1. The van der Waals surface area contributed by atoms with Crippen LogP contribution < -0.4 is 10.9 Å². The molecule has 1 N–H and O–H groups in total. The number of carbonyl (C=O) groups is 1. The van der Waals surface area contributed by atoms with Crippen molar-refractivity contribution in [1.29, 1.82) is 0 Å². The molecule has 0 spiro atoms. The van der Waals surface area contributed by atoms with Crippen LogP contribution in [0.15, 0.2) is 53.3 Å². The summed E-state index contributed by atoms with van der Waals surface area (Å²) in [6.45, 7) is 2.89. The van der Waals surface area contributed by atoms with E-state index in [1.54, 1.807) is 25.2 Å².